The van der Waals surface area contributed by atoms with Crippen molar-refractivity contribution < 1.29 is 0 Å². The molecule has 108 valence electrons. The maximum atomic E-state index is 4.26. The van der Waals surface area contributed by atoms with E-state index in [2.05, 4.69) is 37.1 Å². The van der Waals surface area contributed by atoms with E-state index in [-0.39, 0.29) is 0 Å². The van der Waals surface area contributed by atoms with Crippen LogP contribution in [0, 0.1) is 0 Å². The van der Waals surface area contributed by atoms with Gasteiger partial charge in [-0.3, -0.25) is 4.98 Å². The smallest absolute Gasteiger partial charge is 0.0324 e. The lowest BCUT2D eigenvalue weighted by atomic mass is 9.96. The van der Waals surface area contributed by atoms with Gasteiger partial charge in [0.15, 0.2) is 0 Å². The second kappa shape index (κ2) is 9.96. The average molecular weight is 262 g/mol. The van der Waals surface area contributed by atoms with Crippen molar-refractivity contribution in [1.29, 1.82) is 0 Å². The van der Waals surface area contributed by atoms with Gasteiger partial charge in [-0.2, -0.15) is 0 Å². The van der Waals surface area contributed by atoms with Gasteiger partial charge in [-0.25, -0.2) is 0 Å². The van der Waals surface area contributed by atoms with Crippen LogP contribution in [0.3, 0.4) is 0 Å². The average Bonchev–Trinajstić information content (AvgIpc) is 2.46. The van der Waals surface area contributed by atoms with Crippen LogP contribution >= 0.6 is 0 Å². The fraction of sp³-hybridized carbons (Fsp3) is 0.706. The van der Waals surface area contributed by atoms with Crippen molar-refractivity contribution in [2.24, 2.45) is 0 Å². The van der Waals surface area contributed by atoms with Crippen molar-refractivity contribution in [3.63, 3.8) is 0 Å². The standard InChI is InChI=1S/C17H30N2/c1-4-7-8-9-10-17(19-12-5-2)16-11-13-18-14-15(16)6-3/h11,13-14,17,19H,4-10,12H2,1-3H3. The Morgan fingerprint density at radius 1 is 1.11 bits per heavy atom. The van der Waals surface area contributed by atoms with Crippen LogP contribution in [-0.4, -0.2) is 11.5 Å². The Morgan fingerprint density at radius 3 is 2.63 bits per heavy atom. The van der Waals surface area contributed by atoms with Crippen LogP contribution in [0.2, 0.25) is 0 Å². The monoisotopic (exact) mass is 262 g/mol. The summed E-state index contributed by atoms with van der Waals surface area (Å²) in [5.74, 6) is 0. The Kier molecular flexibility index (Phi) is 8.48. The second-order valence-electron chi connectivity index (χ2n) is 5.28. The molecule has 2 nitrogen and oxygen atoms in total. The van der Waals surface area contributed by atoms with Crippen LogP contribution in [0.25, 0.3) is 0 Å². The zero-order valence-corrected chi connectivity index (χ0v) is 12.9. The fourth-order valence-electron chi connectivity index (χ4n) is 2.53. The summed E-state index contributed by atoms with van der Waals surface area (Å²) >= 11 is 0. The Morgan fingerprint density at radius 2 is 1.95 bits per heavy atom. The molecular weight excluding hydrogens is 232 g/mol. The highest BCUT2D eigenvalue weighted by atomic mass is 14.9. The third-order valence-electron chi connectivity index (χ3n) is 3.68. The van der Waals surface area contributed by atoms with Gasteiger partial charge < -0.3 is 5.32 Å². The molecule has 1 aromatic rings. The van der Waals surface area contributed by atoms with Gasteiger partial charge in [-0.05, 0) is 43.0 Å². The SMILES string of the molecule is CCCCCCC(NCCC)c1ccncc1CC. The van der Waals surface area contributed by atoms with Gasteiger partial charge in [0.2, 0.25) is 0 Å². The van der Waals surface area contributed by atoms with Crippen molar-refractivity contribution in [2.45, 2.75) is 71.8 Å². The van der Waals surface area contributed by atoms with Crippen molar-refractivity contribution in [1.82, 2.24) is 10.3 Å². The topological polar surface area (TPSA) is 24.9 Å². The third kappa shape index (κ3) is 5.73. The van der Waals surface area contributed by atoms with Crippen molar-refractivity contribution >= 4 is 0 Å². The maximum Gasteiger partial charge on any atom is 0.0324 e. The number of unbranched alkanes of at least 4 members (excludes halogenated alkanes) is 3. The molecule has 0 bridgehead atoms. The molecule has 0 radical (unpaired) electrons. The molecule has 1 unspecified atom stereocenters. The predicted octanol–water partition coefficient (Wildman–Crippen LogP) is 4.66. The minimum atomic E-state index is 0.509. The first kappa shape index (κ1) is 16.2. The number of hydrogen-bond acceptors (Lipinski definition) is 2. The lowest BCUT2D eigenvalue weighted by Crippen LogP contribution is -2.23. The first-order valence-corrected chi connectivity index (χ1v) is 7.99. The molecule has 2 heteroatoms. The zero-order chi connectivity index (χ0) is 13.9. The van der Waals surface area contributed by atoms with Crippen LogP contribution in [-0.2, 0) is 6.42 Å². The van der Waals surface area contributed by atoms with E-state index < -0.39 is 0 Å². The normalized spacial score (nSPS) is 12.6. The van der Waals surface area contributed by atoms with Gasteiger partial charge in [0.25, 0.3) is 0 Å². The van der Waals surface area contributed by atoms with Gasteiger partial charge in [0.1, 0.15) is 0 Å². The van der Waals surface area contributed by atoms with Crippen LogP contribution < -0.4 is 5.32 Å². The summed E-state index contributed by atoms with van der Waals surface area (Å²) in [6.45, 7) is 7.82. The molecule has 1 aromatic heterocycles. The molecule has 0 aliphatic carbocycles. The minimum Gasteiger partial charge on any atom is -0.310 e. The van der Waals surface area contributed by atoms with E-state index in [1.165, 1.54) is 49.7 Å². The first-order valence-electron chi connectivity index (χ1n) is 7.99. The molecule has 0 saturated heterocycles. The predicted molar refractivity (Wildman–Crippen MR) is 83.4 cm³/mol. The Hall–Kier alpha value is -0.890. The van der Waals surface area contributed by atoms with Crippen LogP contribution in [0.5, 0.6) is 0 Å². The minimum absolute atomic E-state index is 0.509. The molecule has 0 fully saturated rings. The molecule has 0 aromatic carbocycles. The van der Waals surface area contributed by atoms with Gasteiger partial charge in [-0.15, -0.1) is 0 Å². The molecule has 0 aliphatic heterocycles. The van der Waals surface area contributed by atoms with E-state index >= 15 is 0 Å². The van der Waals surface area contributed by atoms with Gasteiger partial charge in [0.05, 0.1) is 0 Å². The van der Waals surface area contributed by atoms with Gasteiger partial charge >= 0.3 is 0 Å². The molecular formula is C17H30N2. The van der Waals surface area contributed by atoms with E-state index in [4.69, 9.17) is 0 Å². The Labute approximate surface area is 119 Å². The van der Waals surface area contributed by atoms with Crippen molar-refractivity contribution in [2.75, 3.05) is 6.54 Å². The molecule has 1 rings (SSSR count). The number of pyridine rings is 1. The summed E-state index contributed by atoms with van der Waals surface area (Å²) in [7, 11) is 0. The summed E-state index contributed by atoms with van der Waals surface area (Å²) in [6.07, 6.45) is 12.8. The van der Waals surface area contributed by atoms with Crippen LogP contribution in [0.4, 0.5) is 0 Å². The second-order valence-corrected chi connectivity index (χ2v) is 5.28. The third-order valence-corrected chi connectivity index (χ3v) is 3.68. The van der Waals surface area contributed by atoms with Crippen LogP contribution in [0.15, 0.2) is 18.5 Å². The summed E-state index contributed by atoms with van der Waals surface area (Å²) < 4.78 is 0. The molecule has 19 heavy (non-hydrogen) atoms. The molecule has 1 heterocycles. The molecule has 1 atom stereocenters. The first-order chi connectivity index (χ1) is 9.33. The van der Waals surface area contributed by atoms with E-state index in [1.54, 1.807) is 0 Å². The highest BCUT2D eigenvalue weighted by molar-refractivity contribution is 5.26. The van der Waals surface area contributed by atoms with Crippen molar-refractivity contribution in [3.05, 3.63) is 29.6 Å². The van der Waals surface area contributed by atoms with Crippen molar-refractivity contribution in [3.8, 4) is 0 Å². The zero-order valence-electron chi connectivity index (χ0n) is 12.9. The van der Waals surface area contributed by atoms with Gasteiger partial charge in [-0.1, -0.05) is 46.5 Å². The highest BCUT2D eigenvalue weighted by Crippen LogP contribution is 2.23. The van der Waals surface area contributed by atoms with Crippen LogP contribution in [0.1, 0.15) is 76.5 Å². The molecule has 0 saturated carbocycles. The lowest BCUT2D eigenvalue weighted by Gasteiger charge is -2.21. The number of aryl methyl sites for hydroxylation is 1. The molecule has 1 N–H and O–H groups in total. The fourth-order valence-corrected chi connectivity index (χ4v) is 2.53. The lowest BCUT2D eigenvalue weighted by molar-refractivity contribution is 0.467. The maximum absolute atomic E-state index is 4.26. The Bertz CT molecular complexity index is 336. The largest absolute Gasteiger partial charge is 0.310 e. The van der Waals surface area contributed by atoms with E-state index in [1.807, 2.05) is 12.4 Å². The van der Waals surface area contributed by atoms with E-state index in [9.17, 15) is 0 Å². The number of aromatic nitrogens is 1. The van der Waals surface area contributed by atoms with Gasteiger partial charge in [0, 0.05) is 18.4 Å². The summed E-state index contributed by atoms with van der Waals surface area (Å²) in [6, 6.07) is 2.71. The van der Waals surface area contributed by atoms with E-state index in [0.717, 1.165) is 13.0 Å². The summed E-state index contributed by atoms with van der Waals surface area (Å²) in [4.78, 5) is 4.26. The number of nitrogens with one attached hydrogen (secondary N) is 1. The number of nitrogens with zero attached hydrogens (tertiary/aromatic N) is 1. The quantitative estimate of drug-likeness (QED) is 0.621. The highest BCUT2D eigenvalue weighted by Gasteiger charge is 2.13. The van der Waals surface area contributed by atoms with E-state index in [0.29, 0.717) is 6.04 Å². The molecule has 0 spiro atoms. The number of rotatable bonds is 10. The summed E-state index contributed by atoms with van der Waals surface area (Å²) in [5, 5.41) is 3.71. The molecule has 0 amide bonds. The summed E-state index contributed by atoms with van der Waals surface area (Å²) in [5.41, 5.74) is 2.86. The number of hydrogen-bond donors (Lipinski definition) is 1. The molecule has 0 aliphatic rings. The Balaban J connectivity index is 2.65.